The highest BCUT2D eigenvalue weighted by atomic mass is 35.5. The highest BCUT2D eigenvalue weighted by molar-refractivity contribution is 7.98. The maximum absolute atomic E-state index is 13.0. The molecule has 3 aromatic rings. The number of carbonyl (C=O) groups excluding carboxylic acids is 1. The first-order valence-corrected chi connectivity index (χ1v) is 11.5. The molecule has 1 atom stereocenters. The molecule has 1 aliphatic rings. The minimum atomic E-state index is -0.435. The van der Waals surface area contributed by atoms with E-state index in [0.29, 0.717) is 45.4 Å². The molecule has 0 saturated carbocycles. The topological polar surface area (TPSA) is 93.3 Å². The Morgan fingerprint density at radius 1 is 1.16 bits per heavy atom. The van der Waals surface area contributed by atoms with Crippen LogP contribution < -0.4 is 20.3 Å². The van der Waals surface area contributed by atoms with Gasteiger partial charge < -0.3 is 19.8 Å². The first-order chi connectivity index (χ1) is 15.5. The van der Waals surface area contributed by atoms with Crippen molar-refractivity contribution in [3.05, 3.63) is 74.5 Å². The van der Waals surface area contributed by atoms with Gasteiger partial charge in [-0.15, -0.1) is 0 Å². The lowest BCUT2D eigenvalue weighted by Crippen LogP contribution is -2.31. The fourth-order valence-corrected chi connectivity index (χ4v) is 4.55. The number of aromatic amines is 1. The molecule has 0 unspecified atom stereocenters. The molecule has 9 heteroatoms. The van der Waals surface area contributed by atoms with Gasteiger partial charge in [0.05, 0.1) is 19.3 Å². The van der Waals surface area contributed by atoms with E-state index in [4.69, 9.17) is 21.1 Å². The van der Waals surface area contributed by atoms with Crippen LogP contribution in [-0.4, -0.2) is 29.6 Å². The van der Waals surface area contributed by atoms with Gasteiger partial charge in [0.1, 0.15) is 5.82 Å². The number of ether oxygens (including phenoxy) is 2. The summed E-state index contributed by atoms with van der Waals surface area (Å²) in [6, 6.07) is 12.9. The second kappa shape index (κ2) is 9.67. The number of benzene rings is 2. The summed E-state index contributed by atoms with van der Waals surface area (Å²) < 4.78 is 11.0. The van der Waals surface area contributed by atoms with Crippen molar-refractivity contribution >= 4 is 35.1 Å². The Balaban J connectivity index is 1.64. The molecule has 0 spiro atoms. The van der Waals surface area contributed by atoms with E-state index in [9.17, 15) is 9.59 Å². The first-order valence-electron chi connectivity index (χ1n) is 10.1. The van der Waals surface area contributed by atoms with Gasteiger partial charge in [-0.1, -0.05) is 41.6 Å². The number of nitrogens with zero attached hydrogens (tertiary/aromatic N) is 1. The molecule has 0 fully saturated rings. The second-order valence-corrected chi connectivity index (χ2v) is 8.60. The quantitative estimate of drug-likeness (QED) is 0.386. The molecule has 2 heterocycles. The molecule has 1 aromatic heterocycles. The number of nitrogens with one attached hydrogen (secondary N) is 2. The Kier molecular flexibility index (Phi) is 6.72. The SMILES string of the molecule is CCOc1ccc([C@@H]2CC(=O)Nc3nc(SCc4ccc(Cl)cc4)[nH]c(=O)c32)cc1OC. The van der Waals surface area contributed by atoms with Gasteiger partial charge >= 0.3 is 0 Å². The number of hydrogen-bond acceptors (Lipinski definition) is 6. The van der Waals surface area contributed by atoms with E-state index in [1.54, 1.807) is 19.2 Å². The van der Waals surface area contributed by atoms with Gasteiger partial charge in [-0.05, 0) is 42.3 Å². The maximum atomic E-state index is 13.0. The zero-order chi connectivity index (χ0) is 22.7. The molecule has 4 rings (SSSR count). The average Bonchev–Trinajstić information content (AvgIpc) is 2.78. The molecule has 2 aromatic carbocycles. The Morgan fingerprint density at radius 3 is 2.66 bits per heavy atom. The van der Waals surface area contributed by atoms with E-state index in [2.05, 4.69) is 15.3 Å². The normalized spacial score (nSPS) is 15.1. The van der Waals surface area contributed by atoms with E-state index in [0.717, 1.165) is 11.1 Å². The van der Waals surface area contributed by atoms with Crippen molar-refractivity contribution in [1.29, 1.82) is 0 Å². The van der Waals surface area contributed by atoms with Gasteiger partial charge in [-0.3, -0.25) is 9.59 Å². The van der Waals surface area contributed by atoms with Crippen LogP contribution in [0.3, 0.4) is 0 Å². The van der Waals surface area contributed by atoms with Crippen LogP contribution in [0.15, 0.2) is 52.4 Å². The van der Waals surface area contributed by atoms with Crippen LogP contribution >= 0.6 is 23.4 Å². The van der Waals surface area contributed by atoms with Crippen LogP contribution in [0, 0.1) is 0 Å². The molecular formula is C23H22ClN3O4S. The number of anilines is 1. The molecule has 2 N–H and O–H groups in total. The molecule has 1 amide bonds. The number of fused-ring (bicyclic) bond motifs is 1. The minimum Gasteiger partial charge on any atom is -0.493 e. The summed E-state index contributed by atoms with van der Waals surface area (Å²) in [4.78, 5) is 32.8. The molecule has 32 heavy (non-hydrogen) atoms. The van der Waals surface area contributed by atoms with Crippen molar-refractivity contribution in [2.24, 2.45) is 0 Å². The fourth-order valence-electron chi connectivity index (χ4n) is 3.61. The Hall–Kier alpha value is -2.97. The summed E-state index contributed by atoms with van der Waals surface area (Å²) in [5.74, 6) is 1.43. The summed E-state index contributed by atoms with van der Waals surface area (Å²) in [5, 5.41) is 3.85. The van der Waals surface area contributed by atoms with Gasteiger partial charge in [-0.25, -0.2) is 4.98 Å². The van der Waals surface area contributed by atoms with E-state index >= 15 is 0 Å². The highest BCUT2D eigenvalue weighted by Crippen LogP contribution is 2.38. The zero-order valence-electron chi connectivity index (χ0n) is 17.6. The summed E-state index contributed by atoms with van der Waals surface area (Å²) in [5.41, 5.74) is 2.00. The summed E-state index contributed by atoms with van der Waals surface area (Å²) in [6.45, 7) is 2.40. The van der Waals surface area contributed by atoms with Crippen LogP contribution in [0.2, 0.25) is 5.02 Å². The van der Waals surface area contributed by atoms with Gasteiger partial charge in [-0.2, -0.15) is 0 Å². The summed E-state index contributed by atoms with van der Waals surface area (Å²) in [7, 11) is 1.56. The predicted molar refractivity (Wildman–Crippen MR) is 125 cm³/mol. The molecule has 0 aliphatic carbocycles. The van der Waals surface area contributed by atoms with Gasteiger partial charge in [0, 0.05) is 23.1 Å². The van der Waals surface area contributed by atoms with Crippen LogP contribution in [-0.2, 0) is 10.5 Å². The third-order valence-electron chi connectivity index (χ3n) is 5.11. The first kappa shape index (κ1) is 22.2. The monoisotopic (exact) mass is 471 g/mol. The summed E-state index contributed by atoms with van der Waals surface area (Å²) >= 11 is 7.31. The predicted octanol–water partition coefficient (Wildman–Crippen LogP) is 4.60. The second-order valence-electron chi connectivity index (χ2n) is 7.20. The highest BCUT2D eigenvalue weighted by Gasteiger charge is 2.31. The molecule has 0 saturated heterocycles. The molecule has 1 aliphatic heterocycles. The van der Waals surface area contributed by atoms with Gasteiger partial charge in [0.25, 0.3) is 5.56 Å². The fraction of sp³-hybridized carbons (Fsp3) is 0.261. The maximum Gasteiger partial charge on any atom is 0.257 e. The number of thioether (sulfide) groups is 1. The van der Waals surface area contributed by atoms with E-state index < -0.39 is 5.92 Å². The van der Waals surface area contributed by atoms with Gasteiger partial charge in [0.2, 0.25) is 5.91 Å². The van der Waals surface area contributed by atoms with Crippen molar-refractivity contribution in [2.75, 3.05) is 19.0 Å². The smallest absolute Gasteiger partial charge is 0.257 e. The number of hydrogen-bond donors (Lipinski definition) is 2. The molecule has 166 valence electrons. The van der Waals surface area contributed by atoms with Crippen LogP contribution in [0.25, 0.3) is 0 Å². The lowest BCUT2D eigenvalue weighted by atomic mass is 9.86. The Bertz CT molecular complexity index is 1200. The molecule has 0 radical (unpaired) electrons. The van der Waals surface area contributed by atoms with Crippen LogP contribution in [0.1, 0.15) is 36.0 Å². The lowest BCUT2D eigenvalue weighted by molar-refractivity contribution is -0.116. The molecular weight excluding hydrogens is 450 g/mol. The van der Waals surface area contributed by atoms with E-state index in [1.165, 1.54) is 11.8 Å². The standard InChI is InChI=1S/C23H22ClN3O4S/c1-3-31-17-9-6-14(10-18(17)30-2)16-11-19(28)25-21-20(16)22(29)27-23(26-21)32-12-13-4-7-15(24)8-5-13/h4-10,16H,3,11-12H2,1-2H3,(H2,25,26,27,28,29)/t16-/m0/s1. The number of methoxy groups -OCH3 is 1. The molecule has 7 nitrogen and oxygen atoms in total. The third-order valence-corrected chi connectivity index (χ3v) is 6.30. The van der Waals surface area contributed by atoms with E-state index in [1.807, 2.05) is 37.3 Å². The number of H-pyrrole nitrogens is 1. The van der Waals surface area contributed by atoms with Crippen LogP contribution in [0.4, 0.5) is 5.82 Å². The van der Waals surface area contributed by atoms with Crippen molar-refractivity contribution in [1.82, 2.24) is 9.97 Å². The van der Waals surface area contributed by atoms with Crippen molar-refractivity contribution in [3.63, 3.8) is 0 Å². The average molecular weight is 472 g/mol. The Morgan fingerprint density at radius 2 is 1.94 bits per heavy atom. The Labute approximate surface area is 194 Å². The zero-order valence-corrected chi connectivity index (χ0v) is 19.2. The largest absolute Gasteiger partial charge is 0.493 e. The van der Waals surface area contributed by atoms with Crippen molar-refractivity contribution < 1.29 is 14.3 Å². The lowest BCUT2D eigenvalue weighted by Gasteiger charge is -2.25. The molecule has 0 bridgehead atoms. The minimum absolute atomic E-state index is 0.145. The number of amides is 1. The van der Waals surface area contributed by atoms with E-state index in [-0.39, 0.29) is 17.9 Å². The number of aromatic nitrogens is 2. The third kappa shape index (κ3) is 4.76. The number of rotatable bonds is 7. The number of halogens is 1. The summed E-state index contributed by atoms with van der Waals surface area (Å²) in [6.07, 6.45) is 0.145. The van der Waals surface area contributed by atoms with Crippen molar-refractivity contribution in [2.45, 2.75) is 30.2 Å². The van der Waals surface area contributed by atoms with Crippen molar-refractivity contribution in [3.8, 4) is 11.5 Å². The number of carbonyl (C=O) groups is 1. The van der Waals surface area contributed by atoms with Crippen LogP contribution in [0.5, 0.6) is 11.5 Å². The van der Waals surface area contributed by atoms with Gasteiger partial charge in [0.15, 0.2) is 16.7 Å².